The van der Waals surface area contributed by atoms with Gasteiger partial charge in [0.05, 0.1) is 29.2 Å². The summed E-state index contributed by atoms with van der Waals surface area (Å²) in [4.78, 5) is 23.1. The molecule has 4 aromatic heterocycles. The molecule has 0 atom stereocenters. The second-order valence-corrected chi connectivity index (χ2v) is 8.91. The number of ether oxygens (including phenoxy) is 1. The van der Waals surface area contributed by atoms with Crippen LogP contribution in [0.4, 0.5) is 16.3 Å². The normalized spacial score (nSPS) is 11.3. The van der Waals surface area contributed by atoms with Crippen LogP contribution in [-0.2, 0) is 10.2 Å². The van der Waals surface area contributed by atoms with Crippen LogP contribution in [0, 0.1) is 22.7 Å². The minimum Gasteiger partial charge on any atom is -0.452 e. The summed E-state index contributed by atoms with van der Waals surface area (Å²) in [5, 5.41) is 19.5. The lowest BCUT2D eigenvalue weighted by Gasteiger charge is -2.20. The molecular weight excluding hydrogens is 474 g/mol. The lowest BCUT2D eigenvalue weighted by Crippen LogP contribution is -2.27. The molecule has 0 unspecified atom stereocenters. The fourth-order valence-electron chi connectivity index (χ4n) is 3.34. The van der Waals surface area contributed by atoms with Crippen LogP contribution in [0.5, 0.6) is 0 Å². The molecule has 0 aliphatic heterocycles. The molecule has 0 radical (unpaired) electrons. The molecular formula is C22H18BrN7O2. The highest BCUT2D eigenvalue weighted by atomic mass is 79.9. The van der Waals surface area contributed by atoms with E-state index in [9.17, 15) is 15.3 Å². The second-order valence-electron chi connectivity index (χ2n) is 8.06. The van der Waals surface area contributed by atoms with Crippen molar-refractivity contribution in [2.75, 3.05) is 12.0 Å². The first-order valence-corrected chi connectivity index (χ1v) is 10.4. The number of fused-ring (bicyclic) bond motifs is 2. The summed E-state index contributed by atoms with van der Waals surface area (Å²) in [6, 6.07) is 11.1. The Bertz CT molecular complexity index is 1460. The smallest absolute Gasteiger partial charge is 0.420 e. The van der Waals surface area contributed by atoms with Gasteiger partial charge in [0.1, 0.15) is 29.1 Å². The molecule has 0 fully saturated rings. The molecule has 0 spiro atoms. The molecule has 10 heteroatoms. The monoisotopic (exact) mass is 491 g/mol. The number of imidazole rings is 2. The fraction of sp³-hybridized carbons (Fsp3) is 0.227. The molecule has 4 aromatic rings. The van der Waals surface area contributed by atoms with E-state index < -0.39 is 6.09 Å². The van der Waals surface area contributed by atoms with Crippen LogP contribution >= 0.6 is 15.9 Å². The van der Waals surface area contributed by atoms with Crippen molar-refractivity contribution in [1.29, 1.82) is 10.5 Å². The Kier molecular flexibility index (Phi) is 5.11. The number of hydrogen-bond acceptors (Lipinski definition) is 6. The second kappa shape index (κ2) is 7.66. The number of carbonyl (C=O) groups excluding carboxylic acids is 1. The number of hydrogen-bond donors (Lipinski definition) is 0. The summed E-state index contributed by atoms with van der Waals surface area (Å²) in [5.74, 6) is 0.207. The minimum absolute atomic E-state index is 0.203. The lowest BCUT2D eigenvalue weighted by molar-refractivity contribution is 0.181. The third kappa shape index (κ3) is 3.35. The van der Waals surface area contributed by atoms with Gasteiger partial charge in [-0.05, 0) is 40.2 Å². The molecule has 0 bridgehead atoms. The first-order chi connectivity index (χ1) is 15.2. The number of amides is 1. The minimum atomic E-state index is -0.724. The molecule has 0 aliphatic carbocycles. The number of aromatic nitrogens is 4. The Labute approximate surface area is 192 Å². The summed E-state index contributed by atoms with van der Waals surface area (Å²) in [6.07, 6.45) is 2.62. The average Bonchev–Trinajstić information content (AvgIpc) is 3.37. The molecule has 0 aromatic carbocycles. The van der Waals surface area contributed by atoms with Gasteiger partial charge in [-0.2, -0.15) is 10.5 Å². The fourth-order valence-corrected chi connectivity index (χ4v) is 3.75. The number of carbonyl (C=O) groups is 1. The van der Waals surface area contributed by atoms with E-state index in [1.54, 1.807) is 45.5 Å². The largest absolute Gasteiger partial charge is 0.452 e. The van der Waals surface area contributed by atoms with E-state index in [1.807, 2.05) is 20.8 Å². The number of nitriles is 2. The molecule has 9 nitrogen and oxygen atoms in total. The quantitative estimate of drug-likeness (QED) is 0.401. The van der Waals surface area contributed by atoms with Crippen LogP contribution in [0.2, 0.25) is 0 Å². The molecule has 1 amide bonds. The van der Waals surface area contributed by atoms with Crippen molar-refractivity contribution in [1.82, 2.24) is 18.8 Å². The van der Waals surface area contributed by atoms with Crippen molar-refractivity contribution < 1.29 is 9.53 Å². The number of nitrogens with zero attached hydrogens (tertiary/aromatic N) is 7. The van der Waals surface area contributed by atoms with Crippen molar-refractivity contribution in [3.05, 3.63) is 58.2 Å². The van der Waals surface area contributed by atoms with Crippen LogP contribution in [0.15, 0.2) is 41.1 Å². The van der Waals surface area contributed by atoms with Gasteiger partial charge in [0.25, 0.3) is 0 Å². The topological polar surface area (TPSA) is 112 Å². The van der Waals surface area contributed by atoms with Crippen LogP contribution in [0.1, 0.15) is 37.9 Å². The van der Waals surface area contributed by atoms with E-state index in [4.69, 9.17) is 4.74 Å². The highest BCUT2D eigenvalue weighted by Gasteiger charge is 2.27. The van der Waals surface area contributed by atoms with E-state index in [0.717, 1.165) is 5.69 Å². The Morgan fingerprint density at radius 1 is 1.03 bits per heavy atom. The molecule has 0 saturated heterocycles. The number of halogens is 1. The predicted octanol–water partition coefficient (Wildman–Crippen LogP) is 4.69. The predicted molar refractivity (Wildman–Crippen MR) is 121 cm³/mol. The zero-order valence-corrected chi connectivity index (χ0v) is 19.4. The van der Waals surface area contributed by atoms with Gasteiger partial charge in [-0.3, -0.25) is 8.80 Å². The van der Waals surface area contributed by atoms with Gasteiger partial charge in [-0.1, -0.05) is 20.8 Å². The van der Waals surface area contributed by atoms with Crippen molar-refractivity contribution in [3.63, 3.8) is 0 Å². The van der Waals surface area contributed by atoms with Gasteiger partial charge in [-0.25, -0.2) is 19.7 Å². The molecule has 160 valence electrons. The maximum absolute atomic E-state index is 12.8. The number of methoxy groups -OCH3 is 1. The third-order valence-corrected chi connectivity index (χ3v) is 5.62. The maximum atomic E-state index is 12.8. The summed E-state index contributed by atoms with van der Waals surface area (Å²) in [6.45, 7) is 6.10. The first-order valence-electron chi connectivity index (χ1n) is 9.58. The Morgan fingerprint density at radius 3 is 2.28 bits per heavy atom. The standard InChI is InChI=1S/C22H18BrN7O2/c1-22(2,3)17-11-28-16(10-25)14(6-8-18(28)26-17)30(21(31)32-4)20-12-29-15(9-24)13(23)5-7-19(29)27-20/h5-8,11-12H,1-4H3. The average molecular weight is 492 g/mol. The summed E-state index contributed by atoms with van der Waals surface area (Å²) >= 11 is 3.35. The number of anilines is 2. The van der Waals surface area contributed by atoms with Gasteiger partial charge < -0.3 is 4.74 Å². The molecule has 4 heterocycles. The van der Waals surface area contributed by atoms with Crippen molar-refractivity contribution in [2.24, 2.45) is 0 Å². The molecule has 4 rings (SSSR count). The summed E-state index contributed by atoms with van der Waals surface area (Å²) in [5.41, 5.74) is 2.46. The van der Waals surface area contributed by atoms with Crippen LogP contribution in [0.25, 0.3) is 11.3 Å². The van der Waals surface area contributed by atoms with Gasteiger partial charge in [0, 0.05) is 11.6 Å². The molecule has 0 N–H and O–H groups in total. The number of rotatable bonds is 2. The Hall–Kier alpha value is -3.89. The van der Waals surface area contributed by atoms with Gasteiger partial charge in [-0.15, -0.1) is 0 Å². The lowest BCUT2D eigenvalue weighted by atomic mass is 9.93. The van der Waals surface area contributed by atoms with Crippen molar-refractivity contribution in [2.45, 2.75) is 26.2 Å². The molecule has 32 heavy (non-hydrogen) atoms. The summed E-state index contributed by atoms with van der Waals surface area (Å²) < 4.78 is 8.80. The van der Waals surface area contributed by atoms with Crippen molar-refractivity contribution in [3.8, 4) is 12.1 Å². The van der Waals surface area contributed by atoms with Crippen molar-refractivity contribution >= 4 is 44.8 Å². The van der Waals surface area contributed by atoms with Gasteiger partial charge in [0.15, 0.2) is 11.5 Å². The highest BCUT2D eigenvalue weighted by molar-refractivity contribution is 9.10. The molecule has 0 aliphatic rings. The van der Waals surface area contributed by atoms with E-state index in [0.29, 0.717) is 21.5 Å². The Morgan fingerprint density at radius 2 is 1.66 bits per heavy atom. The zero-order valence-electron chi connectivity index (χ0n) is 17.8. The Balaban J connectivity index is 1.97. The maximum Gasteiger partial charge on any atom is 0.420 e. The van der Waals surface area contributed by atoms with Gasteiger partial charge >= 0.3 is 6.09 Å². The summed E-state index contributed by atoms with van der Waals surface area (Å²) in [7, 11) is 1.25. The number of pyridine rings is 2. The van der Waals surface area contributed by atoms with Crippen LogP contribution in [0.3, 0.4) is 0 Å². The van der Waals surface area contributed by atoms with E-state index in [2.05, 4.69) is 38.0 Å². The van der Waals surface area contributed by atoms with E-state index in [1.165, 1.54) is 12.0 Å². The third-order valence-electron chi connectivity index (χ3n) is 4.98. The van der Waals surface area contributed by atoms with Gasteiger partial charge in [0.2, 0.25) is 0 Å². The van der Waals surface area contributed by atoms with E-state index >= 15 is 0 Å². The SMILES string of the molecule is COC(=O)N(c1cn2c(C#N)c(Br)ccc2n1)c1ccc2nc(C(C)(C)C)cn2c1C#N. The molecule has 0 saturated carbocycles. The zero-order chi connectivity index (χ0) is 23.2. The van der Waals surface area contributed by atoms with Crippen LogP contribution < -0.4 is 4.90 Å². The van der Waals surface area contributed by atoms with E-state index in [-0.39, 0.29) is 22.6 Å². The first kappa shape index (κ1) is 21.3. The van der Waals surface area contributed by atoms with Crippen LogP contribution in [-0.4, -0.2) is 32.0 Å². The highest BCUT2D eigenvalue weighted by Crippen LogP contribution is 2.32.